The van der Waals surface area contributed by atoms with E-state index in [-0.39, 0.29) is 35.6 Å². The predicted molar refractivity (Wildman–Crippen MR) is 116 cm³/mol. The number of nitrogens with zero attached hydrogens (tertiary/aromatic N) is 3. The van der Waals surface area contributed by atoms with Crippen molar-refractivity contribution in [3.63, 3.8) is 0 Å². The van der Waals surface area contributed by atoms with E-state index >= 15 is 0 Å². The number of hydrogen-bond acceptors (Lipinski definition) is 6. The standard InChI is InChI=1S/C24H33N3O4/c1-4-26(5-2)13-6-14-27-21(16-9-11-25-12-10-16)20-22(28)18-8-7-17(30-3)15-19(18)31-23(20)24(27)29/h9-12,17-19,21H,4-8,13-15H2,1-3H3. The van der Waals surface area contributed by atoms with Crippen LogP contribution >= 0.6 is 0 Å². The van der Waals surface area contributed by atoms with Gasteiger partial charge in [-0.25, -0.2) is 0 Å². The number of ketones is 1. The Morgan fingerprint density at radius 2 is 1.94 bits per heavy atom. The molecule has 1 aromatic rings. The van der Waals surface area contributed by atoms with E-state index in [1.807, 2.05) is 17.0 Å². The van der Waals surface area contributed by atoms with Gasteiger partial charge in [-0.2, -0.15) is 0 Å². The monoisotopic (exact) mass is 427 g/mol. The molecule has 0 saturated heterocycles. The molecule has 7 nitrogen and oxygen atoms in total. The van der Waals surface area contributed by atoms with Crippen LogP contribution in [0.1, 0.15) is 51.1 Å². The number of aromatic nitrogens is 1. The number of methoxy groups -OCH3 is 1. The number of Topliss-reactive ketones (excluding diaryl/α,β-unsaturated/α-hetero) is 1. The molecule has 4 unspecified atom stereocenters. The van der Waals surface area contributed by atoms with Crippen molar-refractivity contribution in [3.8, 4) is 0 Å². The number of rotatable bonds is 8. The highest BCUT2D eigenvalue weighted by atomic mass is 16.5. The van der Waals surface area contributed by atoms with E-state index in [1.165, 1.54) is 0 Å². The first kappa shape index (κ1) is 22.0. The summed E-state index contributed by atoms with van der Waals surface area (Å²) in [4.78, 5) is 35.3. The van der Waals surface area contributed by atoms with Crippen LogP contribution in [0.5, 0.6) is 0 Å². The molecule has 1 saturated carbocycles. The molecule has 1 amide bonds. The van der Waals surface area contributed by atoms with Crippen LogP contribution in [-0.4, -0.2) is 72.0 Å². The highest BCUT2D eigenvalue weighted by molar-refractivity contribution is 6.11. The van der Waals surface area contributed by atoms with Crippen LogP contribution in [-0.2, 0) is 19.1 Å². The van der Waals surface area contributed by atoms with Crippen LogP contribution in [0.2, 0.25) is 0 Å². The van der Waals surface area contributed by atoms with Gasteiger partial charge in [-0.3, -0.25) is 14.6 Å². The number of ether oxygens (including phenoxy) is 2. The summed E-state index contributed by atoms with van der Waals surface area (Å²) in [5, 5.41) is 0. The zero-order valence-corrected chi connectivity index (χ0v) is 18.8. The van der Waals surface area contributed by atoms with E-state index < -0.39 is 6.04 Å². The normalized spacial score (nSPS) is 28.1. The summed E-state index contributed by atoms with van der Waals surface area (Å²) in [6, 6.07) is 3.40. The fourth-order valence-electron chi connectivity index (χ4n) is 5.22. The first-order valence-corrected chi connectivity index (χ1v) is 11.5. The van der Waals surface area contributed by atoms with Gasteiger partial charge in [-0.15, -0.1) is 0 Å². The van der Waals surface area contributed by atoms with E-state index in [0.29, 0.717) is 18.5 Å². The van der Waals surface area contributed by atoms with Gasteiger partial charge >= 0.3 is 0 Å². The Hall–Kier alpha value is -2.25. The third kappa shape index (κ3) is 4.13. The molecule has 1 aliphatic carbocycles. The van der Waals surface area contributed by atoms with Gasteiger partial charge in [0.05, 0.1) is 23.6 Å². The molecule has 1 fully saturated rings. The molecule has 4 rings (SSSR count). The summed E-state index contributed by atoms with van der Waals surface area (Å²) in [7, 11) is 1.69. The lowest BCUT2D eigenvalue weighted by Crippen LogP contribution is -2.43. The van der Waals surface area contributed by atoms with E-state index in [0.717, 1.165) is 44.5 Å². The molecule has 4 atom stereocenters. The summed E-state index contributed by atoms with van der Waals surface area (Å²) < 4.78 is 11.7. The lowest BCUT2D eigenvalue weighted by atomic mass is 9.76. The van der Waals surface area contributed by atoms with Crippen molar-refractivity contribution in [3.05, 3.63) is 41.4 Å². The Labute approximate surface area is 184 Å². The average Bonchev–Trinajstić information content (AvgIpc) is 3.09. The number of carbonyl (C=O) groups excluding carboxylic acids is 2. The Morgan fingerprint density at radius 3 is 2.61 bits per heavy atom. The second-order valence-corrected chi connectivity index (χ2v) is 8.60. The molecule has 3 heterocycles. The van der Waals surface area contributed by atoms with Gasteiger partial charge in [0.1, 0.15) is 6.10 Å². The summed E-state index contributed by atoms with van der Waals surface area (Å²) in [6.45, 7) is 7.76. The number of hydrogen-bond donors (Lipinski definition) is 0. The predicted octanol–water partition coefficient (Wildman–Crippen LogP) is 2.73. The highest BCUT2D eigenvalue weighted by Crippen LogP contribution is 2.46. The third-order valence-electron chi connectivity index (χ3n) is 7.02. The van der Waals surface area contributed by atoms with E-state index in [1.54, 1.807) is 19.5 Å². The van der Waals surface area contributed by atoms with Gasteiger partial charge in [0, 0.05) is 32.5 Å². The summed E-state index contributed by atoms with van der Waals surface area (Å²) >= 11 is 0. The van der Waals surface area contributed by atoms with E-state index in [9.17, 15) is 9.59 Å². The first-order valence-electron chi connectivity index (χ1n) is 11.5. The third-order valence-corrected chi connectivity index (χ3v) is 7.02. The topological polar surface area (TPSA) is 72.0 Å². The number of amides is 1. The fourth-order valence-corrected chi connectivity index (χ4v) is 5.22. The molecule has 31 heavy (non-hydrogen) atoms. The zero-order valence-electron chi connectivity index (χ0n) is 18.8. The Bertz CT molecular complexity index is 836. The molecule has 0 bridgehead atoms. The summed E-state index contributed by atoms with van der Waals surface area (Å²) in [6.07, 6.45) is 6.31. The van der Waals surface area contributed by atoms with Crippen molar-refractivity contribution >= 4 is 11.7 Å². The Balaban J connectivity index is 1.62. The minimum atomic E-state index is -0.393. The maximum Gasteiger partial charge on any atom is 0.290 e. The quantitative estimate of drug-likeness (QED) is 0.635. The molecular formula is C24H33N3O4. The molecule has 3 aliphatic rings. The van der Waals surface area contributed by atoms with Crippen molar-refractivity contribution in [2.24, 2.45) is 5.92 Å². The minimum Gasteiger partial charge on any atom is -0.483 e. The van der Waals surface area contributed by atoms with E-state index in [2.05, 4.69) is 23.7 Å². The molecule has 7 heteroatoms. The summed E-state index contributed by atoms with van der Waals surface area (Å²) in [5.74, 6) is -0.0320. The SMILES string of the molecule is CCN(CC)CCCN1C(=O)C2=C(C(=O)C3CCC(OC)CC3O2)C1c1ccncc1. The van der Waals surface area contributed by atoms with Gasteiger partial charge in [0.25, 0.3) is 5.91 Å². The number of pyridine rings is 1. The van der Waals surface area contributed by atoms with Crippen LogP contribution in [0.4, 0.5) is 0 Å². The van der Waals surface area contributed by atoms with Gasteiger partial charge in [0.2, 0.25) is 0 Å². The zero-order chi connectivity index (χ0) is 22.0. The van der Waals surface area contributed by atoms with Crippen LogP contribution in [0.25, 0.3) is 0 Å². The lowest BCUT2D eigenvalue weighted by molar-refractivity contribution is -0.138. The van der Waals surface area contributed by atoms with Gasteiger partial charge in [0.15, 0.2) is 11.5 Å². The molecule has 168 valence electrons. The first-order chi connectivity index (χ1) is 15.1. The molecule has 1 aromatic heterocycles. The highest BCUT2D eigenvalue weighted by Gasteiger charge is 2.52. The van der Waals surface area contributed by atoms with Crippen molar-refractivity contribution in [1.82, 2.24) is 14.8 Å². The van der Waals surface area contributed by atoms with Crippen LogP contribution in [0, 0.1) is 5.92 Å². The molecule has 0 radical (unpaired) electrons. The maximum atomic E-state index is 13.6. The van der Waals surface area contributed by atoms with Crippen LogP contribution in [0.15, 0.2) is 35.9 Å². The fraction of sp³-hybridized carbons (Fsp3) is 0.625. The van der Waals surface area contributed by atoms with Crippen LogP contribution in [0.3, 0.4) is 0 Å². The van der Waals surface area contributed by atoms with Crippen molar-refractivity contribution < 1.29 is 19.1 Å². The van der Waals surface area contributed by atoms with Gasteiger partial charge in [-0.1, -0.05) is 13.8 Å². The molecule has 0 spiro atoms. The van der Waals surface area contributed by atoms with Crippen molar-refractivity contribution in [1.29, 1.82) is 0 Å². The average molecular weight is 428 g/mol. The molecule has 2 aliphatic heterocycles. The molecule has 0 aromatic carbocycles. The van der Waals surface area contributed by atoms with Crippen molar-refractivity contribution in [2.75, 3.05) is 33.3 Å². The largest absolute Gasteiger partial charge is 0.483 e. The molecular weight excluding hydrogens is 394 g/mol. The second-order valence-electron chi connectivity index (χ2n) is 8.60. The van der Waals surface area contributed by atoms with Crippen molar-refractivity contribution in [2.45, 2.75) is 57.8 Å². The van der Waals surface area contributed by atoms with Crippen LogP contribution < -0.4 is 0 Å². The smallest absolute Gasteiger partial charge is 0.290 e. The summed E-state index contributed by atoms with van der Waals surface area (Å²) in [5.41, 5.74) is 1.45. The Morgan fingerprint density at radius 1 is 1.19 bits per heavy atom. The lowest BCUT2D eigenvalue weighted by Gasteiger charge is -2.38. The number of carbonyl (C=O) groups is 2. The van der Waals surface area contributed by atoms with E-state index in [4.69, 9.17) is 9.47 Å². The molecule has 0 N–H and O–H groups in total. The Kier molecular flexibility index (Phi) is 6.72. The van der Waals surface area contributed by atoms with Gasteiger partial charge in [-0.05, 0) is 56.6 Å². The maximum absolute atomic E-state index is 13.6. The minimum absolute atomic E-state index is 0.0715. The second kappa shape index (κ2) is 9.49. The van der Waals surface area contributed by atoms with Gasteiger partial charge < -0.3 is 19.3 Å². The number of fused-ring (bicyclic) bond motifs is 1.